The second-order valence-electron chi connectivity index (χ2n) is 2.27. The van der Waals surface area contributed by atoms with E-state index in [-0.39, 0.29) is 0 Å². The van der Waals surface area contributed by atoms with Gasteiger partial charge >= 0.3 is 0 Å². The average Bonchev–Trinajstić information content (AvgIpc) is 2.27. The fourth-order valence-corrected chi connectivity index (χ4v) is 0.995. The molecule has 2 heteroatoms. The van der Waals surface area contributed by atoms with Gasteiger partial charge in [-0.1, -0.05) is 0 Å². The van der Waals surface area contributed by atoms with Crippen molar-refractivity contribution < 1.29 is 0 Å². The molecule has 0 aliphatic carbocycles. The van der Waals surface area contributed by atoms with Crippen LogP contribution in [0, 0.1) is 13.0 Å². The molecule has 0 spiro atoms. The average molecular weight is 131 g/mol. The van der Waals surface area contributed by atoms with Crippen LogP contribution in [0.1, 0.15) is 5.69 Å². The quantitative estimate of drug-likeness (QED) is 0.529. The van der Waals surface area contributed by atoms with E-state index in [1.165, 1.54) is 0 Å². The lowest BCUT2D eigenvalue weighted by molar-refractivity contribution is 1.18. The molecule has 2 heterocycles. The summed E-state index contributed by atoms with van der Waals surface area (Å²) in [6.07, 6.45) is 3.94. The Labute approximate surface area is 59.1 Å². The molecule has 0 bridgehead atoms. The van der Waals surface area contributed by atoms with Crippen LogP contribution in [0.15, 0.2) is 24.5 Å². The van der Waals surface area contributed by atoms with Gasteiger partial charge < -0.3 is 4.40 Å². The van der Waals surface area contributed by atoms with Gasteiger partial charge in [-0.25, -0.2) is 4.98 Å². The number of hydrogen-bond donors (Lipinski definition) is 0. The number of imidazole rings is 1. The Kier molecular flexibility index (Phi) is 1.01. The molecular weight excluding hydrogens is 124 g/mol. The molecule has 0 aliphatic rings. The minimum Gasteiger partial charge on any atom is -0.306 e. The molecule has 2 nitrogen and oxygen atoms in total. The van der Waals surface area contributed by atoms with Gasteiger partial charge in [0.15, 0.2) is 0 Å². The molecule has 0 saturated carbocycles. The fourth-order valence-electron chi connectivity index (χ4n) is 0.995. The summed E-state index contributed by atoms with van der Waals surface area (Å²) in [5, 5.41) is 0. The van der Waals surface area contributed by atoms with E-state index in [0.29, 0.717) is 0 Å². The lowest BCUT2D eigenvalue weighted by Crippen LogP contribution is -1.78. The number of aromatic nitrogens is 2. The number of pyridine rings is 1. The zero-order valence-electron chi connectivity index (χ0n) is 5.70. The van der Waals surface area contributed by atoms with Crippen LogP contribution in [0.25, 0.3) is 5.65 Å². The second kappa shape index (κ2) is 1.84. The van der Waals surface area contributed by atoms with Gasteiger partial charge in [-0.3, -0.25) is 0 Å². The Morgan fingerprint density at radius 2 is 2.50 bits per heavy atom. The highest BCUT2D eigenvalue weighted by Crippen LogP contribution is 2.00. The molecule has 0 unspecified atom stereocenters. The molecular formula is C8H7N2. The summed E-state index contributed by atoms with van der Waals surface area (Å²) in [4.78, 5) is 4.22. The molecule has 0 aromatic carbocycles. The summed E-state index contributed by atoms with van der Waals surface area (Å²) >= 11 is 0. The van der Waals surface area contributed by atoms with Crippen molar-refractivity contribution in [1.29, 1.82) is 0 Å². The molecule has 0 fully saturated rings. The Morgan fingerprint density at radius 1 is 1.60 bits per heavy atom. The standard InChI is InChI=1S/C8H7N2/c1-7-6-10-5-3-2-4-8(10)9-7/h2-3,5-6H,1H3. The molecule has 1 radical (unpaired) electrons. The van der Waals surface area contributed by atoms with Crippen LogP contribution in [0.3, 0.4) is 0 Å². The molecule has 0 atom stereocenters. The van der Waals surface area contributed by atoms with E-state index in [0.717, 1.165) is 11.3 Å². The summed E-state index contributed by atoms with van der Waals surface area (Å²) in [5.74, 6) is 0. The maximum Gasteiger partial charge on any atom is 0.145 e. The van der Waals surface area contributed by atoms with Crippen LogP contribution in [-0.4, -0.2) is 9.38 Å². The van der Waals surface area contributed by atoms with Crippen molar-refractivity contribution in [2.45, 2.75) is 6.92 Å². The number of nitrogens with zero attached hydrogens (tertiary/aromatic N) is 2. The highest BCUT2D eigenvalue weighted by atomic mass is 15.0. The van der Waals surface area contributed by atoms with Crippen LogP contribution >= 0.6 is 0 Å². The molecule has 2 rings (SSSR count). The lowest BCUT2D eigenvalue weighted by atomic mass is 10.5. The van der Waals surface area contributed by atoms with E-state index in [9.17, 15) is 0 Å². The third-order valence-electron chi connectivity index (χ3n) is 1.41. The van der Waals surface area contributed by atoms with E-state index in [2.05, 4.69) is 11.1 Å². The topological polar surface area (TPSA) is 17.3 Å². The maximum atomic E-state index is 4.22. The van der Waals surface area contributed by atoms with Gasteiger partial charge in [0.1, 0.15) is 5.65 Å². The zero-order chi connectivity index (χ0) is 6.97. The molecule has 0 amide bonds. The van der Waals surface area contributed by atoms with Gasteiger partial charge in [-0.15, -0.1) is 0 Å². The number of aryl methyl sites for hydroxylation is 1. The predicted octanol–water partition coefficient (Wildman–Crippen LogP) is 1.44. The highest BCUT2D eigenvalue weighted by Gasteiger charge is 1.92. The molecule has 49 valence electrons. The SMILES string of the molecule is Cc1cn2ccc[c]c2n1. The first kappa shape index (κ1) is 5.47. The largest absolute Gasteiger partial charge is 0.306 e. The summed E-state index contributed by atoms with van der Waals surface area (Å²) < 4.78 is 1.95. The number of fused-ring (bicyclic) bond motifs is 1. The van der Waals surface area contributed by atoms with Gasteiger partial charge in [-0.2, -0.15) is 0 Å². The maximum absolute atomic E-state index is 4.22. The van der Waals surface area contributed by atoms with Gasteiger partial charge in [0.2, 0.25) is 0 Å². The molecule has 2 aromatic rings. The number of hydrogen-bond acceptors (Lipinski definition) is 1. The number of rotatable bonds is 0. The van der Waals surface area contributed by atoms with Gasteiger partial charge in [-0.05, 0) is 19.1 Å². The minimum atomic E-state index is 0.889. The van der Waals surface area contributed by atoms with Gasteiger partial charge in [0, 0.05) is 18.5 Å². The van der Waals surface area contributed by atoms with Crippen molar-refractivity contribution in [2.75, 3.05) is 0 Å². The summed E-state index contributed by atoms with van der Waals surface area (Å²) in [5.41, 5.74) is 1.92. The van der Waals surface area contributed by atoms with E-state index < -0.39 is 0 Å². The minimum absolute atomic E-state index is 0.889. The Bertz CT molecular complexity index is 316. The first-order valence-electron chi connectivity index (χ1n) is 3.18. The Hall–Kier alpha value is -1.31. The van der Waals surface area contributed by atoms with Crippen LogP contribution in [-0.2, 0) is 0 Å². The lowest BCUT2D eigenvalue weighted by Gasteiger charge is -1.85. The molecule has 0 saturated heterocycles. The van der Waals surface area contributed by atoms with Crippen LogP contribution in [0.5, 0.6) is 0 Å². The summed E-state index contributed by atoms with van der Waals surface area (Å²) in [6.45, 7) is 1.97. The van der Waals surface area contributed by atoms with Crippen molar-refractivity contribution >= 4 is 5.65 Å². The van der Waals surface area contributed by atoms with E-state index in [4.69, 9.17) is 0 Å². The van der Waals surface area contributed by atoms with Gasteiger partial charge in [0.25, 0.3) is 0 Å². The summed E-state index contributed by atoms with van der Waals surface area (Å²) in [6, 6.07) is 6.82. The first-order valence-corrected chi connectivity index (χ1v) is 3.18. The first-order chi connectivity index (χ1) is 4.86. The smallest absolute Gasteiger partial charge is 0.145 e. The summed E-state index contributed by atoms with van der Waals surface area (Å²) in [7, 11) is 0. The van der Waals surface area contributed by atoms with Gasteiger partial charge in [0.05, 0.1) is 5.69 Å². The fraction of sp³-hybridized carbons (Fsp3) is 0.125. The predicted molar refractivity (Wildman–Crippen MR) is 38.8 cm³/mol. The van der Waals surface area contributed by atoms with Crippen molar-refractivity contribution in [2.24, 2.45) is 0 Å². The van der Waals surface area contributed by atoms with Crippen molar-refractivity contribution in [3.63, 3.8) is 0 Å². The third-order valence-corrected chi connectivity index (χ3v) is 1.41. The Morgan fingerprint density at radius 3 is 3.30 bits per heavy atom. The monoisotopic (exact) mass is 131 g/mol. The normalized spacial score (nSPS) is 10.5. The molecule has 2 aromatic heterocycles. The highest BCUT2D eigenvalue weighted by molar-refractivity contribution is 5.37. The van der Waals surface area contributed by atoms with Crippen molar-refractivity contribution in [3.05, 3.63) is 36.3 Å². The second-order valence-corrected chi connectivity index (χ2v) is 2.27. The van der Waals surface area contributed by atoms with Crippen LogP contribution in [0.2, 0.25) is 0 Å². The van der Waals surface area contributed by atoms with E-state index in [1.807, 2.05) is 35.9 Å². The zero-order valence-corrected chi connectivity index (χ0v) is 5.70. The molecule has 10 heavy (non-hydrogen) atoms. The van der Waals surface area contributed by atoms with E-state index >= 15 is 0 Å². The molecule has 0 N–H and O–H groups in total. The van der Waals surface area contributed by atoms with Crippen LogP contribution in [0.4, 0.5) is 0 Å². The van der Waals surface area contributed by atoms with Crippen LogP contribution < -0.4 is 0 Å². The van der Waals surface area contributed by atoms with E-state index in [1.54, 1.807) is 0 Å². The van der Waals surface area contributed by atoms with Crippen molar-refractivity contribution in [1.82, 2.24) is 9.38 Å². The Balaban J connectivity index is 2.88. The third kappa shape index (κ3) is 0.692. The molecule has 0 aliphatic heterocycles. The van der Waals surface area contributed by atoms with Crippen molar-refractivity contribution in [3.8, 4) is 0 Å².